The summed E-state index contributed by atoms with van der Waals surface area (Å²) in [5.74, 6) is 0.699. The number of carbonyl (C=O) groups is 1. The minimum absolute atomic E-state index is 0.0940. The van der Waals surface area contributed by atoms with Crippen molar-refractivity contribution < 1.29 is 19.0 Å². The van der Waals surface area contributed by atoms with Crippen LogP contribution in [0.1, 0.15) is 24.6 Å². The van der Waals surface area contributed by atoms with Crippen molar-refractivity contribution in [2.24, 2.45) is 5.92 Å². The van der Waals surface area contributed by atoms with E-state index in [1.807, 2.05) is 19.1 Å². The summed E-state index contributed by atoms with van der Waals surface area (Å²) in [6, 6.07) is 5.38. The van der Waals surface area contributed by atoms with Crippen molar-refractivity contribution in [3.63, 3.8) is 0 Å². The third kappa shape index (κ3) is 5.26. The SMILES string of the molecule is CCOC(=O)N(Cc1ccc(C)nc1)c1cc(OC[C@H]2CCOC2)nc(N)c1N. The maximum absolute atomic E-state index is 12.7. The Morgan fingerprint density at radius 2 is 2.21 bits per heavy atom. The van der Waals surface area contributed by atoms with E-state index >= 15 is 0 Å². The van der Waals surface area contributed by atoms with E-state index in [2.05, 4.69) is 9.97 Å². The van der Waals surface area contributed by atoms with Crippen LogP contribution in [0.5, 0.6) is 5.88 Å². The third-order valence-electron chi connectivity index (χ3n) is 4.63. The zero-order valence-electron chi connectivity index (χ0n) is 16.8. The van der Waals surface area contributed by atoms with E-state index in [0.29, 0.717) is 30.7 Å². The molecule has 0 saturated carbocycles. The van der Waals surface area contributed by atoms with Gasteiger partial charge in [0, 0.05) is 30.5 Å². The lowest BCUT2D eigenvalue weighted by molar-refractivity contribution is 0.159. The molecule has 1 fully saturated rings. The summed E-state index contributed by atoms with van der Waals surface area (Å²) in [5, 5.41) is 0. The summed E-state index contributed by atoms with van der Waals surface area (Å²) in [6.07, 6.45) is 2.10. The quantitative estimate of drug-likeness (QED) is 0.725. The van der Waals surface area contributed by atoms with Crippen molar-refractivity contribution in [3.8, 4) is 5.88 Å². The topological polar surface area (TPSA) is 126 Å². The standard InChI is InChI=1S/C20H27N5O4/c1-3-28-20(26)25(10-14-5-4-13(2)23-9-14)16-8-17(24-19(22)18(16)21)29-12-15-6-7-27-11-15/h4-5,8-9,15H,3,6-7,10-12,21H2,1-2H3,(H2,22,24)/t15-/m0/s1. The van der Waals surface area contributed by atoms with Gasteiger partial charge in [-0.25, -0.2) is 4.79 Å². The largest absolute Gasteiger partial charge is 0.477 e. The number of hydrogen-bond donors (Lipinski definition) is 2. The fourth-order valence-corrected chi connectivity index (χ4v) is 2.98. The highest BCUT2D eigenvalue weighted by molar-refractivity contribution is 5.94. The Morgan fingerprint density at radius 3 is 2.86 bits per heavy atom. The molecule has 2 aromatic rings. The summed E-state index contributed by atoms with van der Waals surface area (Å²) in [7, 11) is 0. The average molecular weight is 401 g/mol. The molecule has 3 heterocycles. The Labute approximate surface area is 170 Å². The minimum Gasteiger partial charge on any atom is -0.477 e. The molecule has 0 aliphatic carbocycles. The molecule has 2 aromatic heterocycles. The molecule has 0 unspecified atom stereocenters. The van der Waals surface area contributed by atoms with Crippen LogP contribution < -0.4 is 21.1 Å². The molecule has 0 radical (unpaired) electrons. The Hall–Kier alpha value is -3.07. The van der Waals surface area contributed by atoms with Gasteiger partial charge in [0.2, 0.25) is 5.88 Å². The number of amides is 1. The first-order chi connectivity index (χ1) is 14.0. The molecule has 1 aliphatic rings. The molecule has 4 N–H and O–H groups in total. The van der Waals surface area contributed by atoms with E-state index < -0.39 is 6.09 Å². The first-order valence-electron chi connectivity index (χ1n) is 9.60. The summed E-state index contributed by atoms with van der Waals surface area (Å²) in [5.41, 5.74) is 14.4. The molecule has 156 valence electrons. The summed E-state index contributed by atoms with van der Waals surface area (Å²) in [4.78, 5) is 22.6. The van der Waals surface area contributed by atoms with Gasteiger partial charge in [-0.15, -0.1) is 0 Å². The van der Waals surface area contributed by atoms with Crippen molar-refractivity contribution in [2.45, 2.75) is 26.8 Å². The van der Waals surface area contributed by atoms with Crippen LogP contribution in [-0.2, 0) is 16.0 Å². The van der Waals surface area contributed by atoms with Gasteiger partial charge in [-0.1, -0.05) is 6.07 Å². The Morgan fingerprint density at radius 1 is 1.38 bits per heavy atom. The van der Waals surface area contributed by atoms with Crippen LogP contribution in [0.2, 0.25) is 0 Å². The van der Waals surface area contributed by atoms with Crippen molar-refractivity contribution >= 4 is 23.3 Å². The van der Waals surface area contributed by atoms with Crippen LogP contribution >= 0.6 is 0 Å². The first kappa shape index (κ1) is 20.7. The van der Waals surface area contributed by atoms with E-state index in [1.165, 1.54) is 4.90 Å². The van der Waals surface area contributed by atoms with Gasteiger partial charge in [0.1, 0.15) is 0 Å². The van der Waals surface area contributed by atoms with Gasteiger partial charge in [-0.2, -0.15) is 4.98 Å². The number of nitrogens with two attached hydrogens (primary N) is 2. The molecule has 0 bridgehead atoms. The Kier molecular flexibility index (Phi) is 6.71. The first-order valence-corrected chi connectivity index (χ1v) is 9.60. The number of nitrogen functional groups attached to an aromatic ring is 2. The highest BCUT2D eigenvalue weighted by Crippen LogP contribution is 2.33. The van der Waals surface area contributed by atoms with Crippen LogP contribution in [0, 0.1) is 12.8 Å². The number of anilines is 3. The van der Waals surface area contributed by atoms with Gasteiger partial charge in [-0.05, 0) is 31.9 Å². The molecule has 0 aromatic carbocycles. The van der Waals surface area contributed by atoms with Gasteiger partial charge in [0.15, 0.2) is 5.82 Å². The highest BCUT2D eigenvalue weighted by Gasteiger charge is 2.24. The van der Waals surface area contributed by atoms with Gasteiger partial charge < -0.3 is 25.7 Å². The number of aromatic nitrogens is 2. The zero-order valence-corrected chi connectivity index (χ0v) is 16.8. The number of nitrogens with zero attached hydrogens (tertiary/aromatic N) is 3. The highest BCUT2D eigenvalue weighted by atomic mass is 16.6. The second kappa shape index (κ2) is 9.42. The molecular formula is C20H27N5O4. The second-order valence-corrected chi connectivity index (χ2v) is 6.91. The van der Waals surface area contributed by atoms with Crippen molar-refractivity contribution in [2.75, 3.05) is 42.8 Å². The van der Waals surface area contributed by atoms with Gasteiger partial charge >= 0.3 is 6.09 Å². The van der Waals surface area contributed by atoms with E-state index in [1.54, 1.807) is 19.2 Å². The molecular weight excluding hydrogens is 374 g/mol. The second-order valence-electron chi connectivity index (χ2n) is 6.91. The number of ether oxygens (including phenoxy) is 3. The lowest BCUT2D eigenvalue weighted by Gasteiger charge is -2.24. The number of carbonyl (C=O) groups excluding carboxylic acids is 1. The van der Waals surface area contributed by atoms with Gasteiger partial charge in [-0.3, -0.25) is 9.88 Å². The normalized spacial score (nSPS) is 15.9. The monoisotopic (exact) mass is 401 g/mol. The number of hydrogen-bond acceptors (Lipinski definition) is 8. The number of pyridine rings is 2. The molecule has 3 rings (SSSR count). The number of rotatable bonds is 7. The van der Waals surface area contributed by atoms with E-state index in [0.717, 1.165) is 24.3 Å². The fourth-order valence-electron chi connectivity index (χ4n) is 2.98. The molecule has 1 aliphatic heterocycles. The minimum atomic E-state index is -0.541. The molecule has 1 saturated heterocycles. The Bertz CT molecular complexity index is 838. The van der Waals surface area contributed by atoms with Crippen LogP contribution in [0.25, 0.3) is 0 Å². The van der Waals surface area contributed by atoms with Crippen LogP contribution in [0.15, 0.2) is 24.4 Å². The van der Waals surface area contributed by atoms with Gasteiger partial charge in [0.05, 0.1) is 37.7 Å². The van der Waals surface area contributed by atoms with Crippen molar-refractivity contribution in [3.05, 3.63) is 35.7 Å². The molecule has 9 heteroatoms. The summed E-state index contributed by atoms with van der Waals surface area (Å²) in [6.45, 7) is 5.93. The van der Waals surface area contributed by atoms with Crippen LogP contribution in [0.3, 0.4) is 0 Å². The summed E-state index contributed by atoms with van der Waals surface area (Å²) >= 11 is 0. The molecule has 0 spiro atoms. The summed E-state index contributed by atoms with van der Waals surface area (Å²) < 4.78 is 16.4. The molecule has 9 nitrogen and oxygen atoms in total. The smallest absolute Gasteiger partial charge is 0.414 e. The predicted octanol–water partition coefficient (Wildman–Crippen LogP) is 2.53. The van der Waals surface area contributed by atoms with Crippen LogP contribution in [0.4, 0.5) is 22.0 Å². The van der Waals surface area contributed by atoms with Gasteiger partial charge in [0.25, 0.3) is 0 Å². The van der Waals surface area contributed by atoms with E-state index in [4.69, 9.17) is 25.7 Å². The lowest BCUT2D eigenvalue weighted by Crippen LogP contribution is -2.32. The molecule has 1 atom stereocenters. The lowest BCUT2D eigenvalue weighted by atomic mass is 10.1. The van der Waals surface area contributed by atoms with Crippen molar-refractivity contribution in [1.29, 1.82) is 0 Å². The van der Waals surface area contributed by atoms with Crippen LogP contribution in [-0.4, -0.2) is 42.5 Å². The molecule has 1 amide bonds. The van der Waals surface area contributed by atoms with E-state index in [9.17, 15) is 4.79 Å². The zero-order chi connectivity index (χ0) is 20.8. The maximum Gasteiger partial charge on any atom is 0.414 e. The maximum atomic E-state index is 12.7. The third-order valence-corrected chi connectivity index (χ3v) is 4.63. The average Bonchev–Trinajstić information content (AvgIpc) is 3.22. The Balaban J connectivity index is 1.87. The fraction of sp³-hybridized carbons (Fsp3) is 0.450. The van der Waals surface area contributed by atoms with E-state index in [-0.39, 0.29) is 24.7 Å². The molecule has 29 heavy (non-hydrogen) atoms. The number of aryl methyl sites for hydroxylation is 1. The predicted molar refractivity (Wildman–Crippen MR) is 110 cm³/mol. The van der Waals surface area contributed by atoms with Crippen molar-refractivity contribution in [1.82, 2.24) is 9.97 Å².